The van der Waals surface area contributed by atoms with E-state index in [1.807, 2.05) is 12.1 Å². The molecule has 1 saturated carbocycles. The van der Waals surface area contributed by atoms with Gasteiger partial charge < -0.3 is 15.5 Å². The number of carbonyl (C=O) groups is 2. The quantitative estimate of drug-likeness (QED) is 0.785. The summed E-state index contributed by atoms with van der Waals surface area (Å²) in [5.74, 6) is 0.460. The van der Waals surface area contributed by atoms with Gasteiger partial charge in [-0.15, -0.1) is 0 Å². The molecule has 1 aromatic carbocycles. The van der Waals surface area contributed by atoms with Gasteiger partial charge in [0.15, 0.2) is 0 Å². The van der Waals surface area contributed by atoms with E-state index in [0.29, 0.717) is 29.8 Å². The van der Waals surface area contributed by atoms with Crippen molar-refractivity contribution in [1.29, 1.82) is 0 Å². The van der Waals surface area contributed by atoms with Crippen molar-refractivity contribution in [1.82, 2.24) is 15.1 Å². The predicted molar refractivity (Wildman–Crippen MR) is 98.7 cm³/mol. The Hall–Kier alpha value is -1.92. The average molecular weight is 344 g/mol. The van der Waals surface area contributed by atoms with Crippen LogP contribution in [0.4, 0.5) is 5.69 Å². The van der Waals surface area contributed by atoms with Crippen LogP contribution in [-0.4, -0.2) is 67.9 Å². The van der Waals surface area contributed by atoms with E-state index in [9.17, 15) is 9.59 Å². The van der Waals surface area contributed by atoms with E-state index >= 15 is 0 Å². The van der Waals surface area contributed by atoms with Crippen molar-refractivity contribution in [2.75, 3.05) is 45.6 Å². The highest BCUT2D eigenvalue weighted by atomic mass is 16.2. The monoisotopic (exact) mass is 344 g/mol. The summed E-state index contributed by atoms with van der Waals surface area (Å²) in [6.07, 6.45) is 3.22. The first-order chi connectivity index (χ1) is 12.0. The van der Waals surface area contributed by atoms with Gasteiger partial charge in [0.25, 0.3) is 5.91 Å². The first kappa shape index (κ1) is 17.9. The SMILES string of the molecule is CN(C)CC1CCN(CC(=O)Nc2ccccc2C(=O)NC2CC2)C1. The van der Waals surface area contributed by atoms with Gasteiger partial charge in [-0.2, -0.15) is 0 Å². The topological polar surface area (TPSA) is 64.7 Å². The third kappa shape index (κ3) is 5.28. The second kappa shape index (κ2) is 7.97. The number of nitrogens with one attached hydrogen (secondary N) is 2. The highest BCUT2D eigenvalue weighted by molar-refractivity contribution is 6.04. The molecule has 2 N–H and O–H groups in total. The van der Waals surface area contributed by atoms with Crippen molar-refractivity contribution in [2.24, 2.45) is 5.92 Å². The van der Waals surface area contributed by atoms with Gasteiger partial charge in [0.1, 0.15) is 0 Å². The summed E-state index contributed by atoms with van der Waals surface area (Å²) in [5.41, 5.74) is 1.13. The third-order valence-corrected chi connectivity index (χ3v) is 4.72. The fraction of sp³-hybridized carbons (Fsp3) is 0.579. The Labute approximate surface area is 149 Å². The summed E-state index contributed by atoms with van der Waals surface area (Å²) in [6, 6.07) is 7.51. The largest absolute Gasteiger partial charge is 0.349 e. The van der Waals surface area contributed by atoms with Crippen molar-refractivity contribution < 1.29 is 9.59 Å². The number of hydrogen-bond donors (Lipinski definition) is 2. The highest BCUT2D eigenvalue weighted by Gasteiger charge is 2.26. The zero-order valence-corrected chi connectivity index (χ0v) is 15.1. The molecule has 2 fully saturated rings. The van der Waals surface area contributed by atoms with Crippen LogP contribution in [-0.2, 0) is 4.79 Å². The molecule has 1 aromatic rings. The van der Waals surface area contributed by atoms with Gasteiger partial charge in [0.05, 0.1) is 17.8 Å². The molecule has 1 heterocycles. The molecular formula is C19H28N4O2. The molecule has 0 spiro atoms. The van der Waals surface area contributed by atoms with Crippen LogP contribution in [0, 0.1) is 5.92 Å². The maximum Gasteiger partial charge on any atom is 0.253 e. The van der Waals surface area contributed by atoms with Gasteiger partial charge in [-0.05, 0) is 58.0 Å². The normalized spacial score (nSPS) is 20.7. The highest BCUT2D eigenvalue weighted by Crippen LogP contribution is 2.22. The summed E-state index contributed by atoms with van der Waals surface area (Å²) in [5, 5.41) is 5.89. The lowest BCUT2D eigenvalue weighted by Crippen LogP contribution is -2.33. The summed E-state index contributed by atoms with van der Waals surface area (Å²) < 4.78 is 0. The minimum Gasteiger partial charge on any atom is -0.349 e. The molecule has 136 valence electrons. The Morgan fingerprint density at radius 1 is 1.20 bits per heavy atom. The summed E-state index contributed by atoms with van der Waals surface area (Å²) in [7, 11) is 4.16. The van der Waals surface area contributed by atoms with Crippen molar-refractivity contribution >= 4 is 17.5 Å². The number of anilines is 1. The minimum absolute atomic E-state index is 0.0582. The van der Waals surface area contributed by atoms with Crippen molar-refractivity contribution in [2.45, 2.75) is 25.3 Å². The van der Waals surface area contributed by atoms with Gasteiger partial charge in [-0.25, -0.2) is 0 Å². The lowest BCUT2D eigenvalue weighted by molar-refractivity contribution is -0.117. The van der Waals surface area contributed by atoms with E-state index in [1.165, 1.54) is 0 Å². The molecule has 0 bridgehead atoms. The van der Waals surface area contributed by atoms with E-state index in [4.69, 9.17) is 0 Å². The molecule has 3 rings (SSSR count). The molecular weight excluding hydrogens is 316 g/mol. The molecule has 1 unspecified atom stereocenters. The number of amides is 2. The van der Waals surface area contributed by atoms with Crippen LogP contribution in [0.25, 0.3) is 0 Å². The molecule has 1 saturated heterocycles. The Bertz CT molecular complexity index is 628. The average Bonchev–Trinajstić information content (AvgIpc) is 3.26. The maximum absolute atomic E-state index is 12.4. The number of rotatable bonds is 7. The molecule has 1 atom stereocenters. The van der Waals surface area contributed by atoms with Crippen molar-refractivity contribution in [3.05, 3.63) is 29.8 Å². The first-order valence-corrected chi connectivity index (χ1v) is 9.08. The second-order valence-corrected chi connectivity index (χ2v) is 7.49. The zero-order chi connectivity index (χ0) is 17.8. The number of hydrogen-bond acceptors (Lipinski definition) is 4. The van der Waals surface area contributed by atoms with Gasteiger partial charge in [0.2, 0.25) is 5.91 Å². The van der Waals surface area contributed by atoms with Crippen LogP contribution < -0.4 is 10.6 Å². The number of para-hydroxylation sites is 1. The molecule has 0 radical (unpaired) electrons. The number of carbonyl (C=O) groups excluding carboxylic acids is 2. The van der Waals surface area contributed by atoms with E-state index < -0.39 is 0 Å². The molecule has 1 aliphatic heterocycles. The molecule has 2 amide bonds. The van der Waals surface area contributed by atoms with Gasteiger partial charge in [-0.1, -0.05) is 12.1 Å². The van der Waals surface area contributed by atoms with Gasteiger partial charge in [0, 0.05) is 19.1 Å². The van der Waals surface area contributed by atoms with Crippen LogP contribution in [0.2, 0.25) is 0 Å². The Balaban J connectivity index is 1.53. The summed E-state index contributed by atoms with van der Waals surface area (Å²) in [6.45, 7) is 3.34. The van der Waals surface area contributed by atoms with Crippen LogP contribution in [0.3, 0.4) is 0 Å². The molecule has 1 aliphatic carbocycles. The van der Waals surface area contributed by atoms with Gasteiger partial charge >= 0.3 is 0 Å². The number of nitrogens with zero attached hydrogens (tertiary/aromatic N) is 2. The smallest absolute Gasteiger partial charge is 0.253 e. The minimum atomic E-state index is -0.106. The van der Waals surface area contributed by atoms with Gasteiger partial charge in [-0.3, -0.25) is 14.5 Å². The van der Waals surface area contributed by atoms with E-state index in [1.54, 1.807) is 12.1 Å². The van der Waals surface area contributed by atoms with Crippen LogP contribution in [0.15, 0.2) is 24.3 Å². The predicted octanol–water partition coefficient (Wildman–Crippen LogP) is 1.40. The van der Waals surface area contributed by atoms with Crippen LogP contribution in [0.1, 0.15) is 29.6 Å². The fourth-order valence-electron chi connectivity index (χ4n) is 3.40. The van der Waals surface area contributed by atoms with E-state index in [2.05, 4.69) is 34.5 Å². The number of benzene rings is 1. The Morgan fingerprint density at radius 3 is 2.68 bits per heavy atom. The maximum atomic E-state index is 12.4. The number of likely N-dealkylation sites (tertiary alicyclic amines) is 1. The molecule has 0 aromatic heterocycles. The third-order valence-electron chi connectivity index (χ3n) is 4.72. The van der Waals surface area contributed by atoms with E-state index in [-0.39, 0.29) is 11.8 Å². The first-order valence-electron chi connectivity index (χ1n) is 9.08. The lowest BCUT2D eigenvalue weighted by Gasteiger charge is -2.18. The standard InChI is InChI=1S/C19H28N4O2/c1-22(2)11-14-9-10-23(12-14)13-18(24)21-17-6-4-3-5-16(17)19(25)20-15-7-8-15/h3-6,14-15H,7-13H2,1-2H3,(H,20,25)(H,21,24). The zero-order valence-electron chi connectivity index (χ0n) is 15.1. The molecule has 6 heteroatoms. The second-order valence-electron chi connectivity index (χ2n) is 7.49. The summed E-state index contributed by atoms with van der Waals surface area (Å²) >= 11 is 0. The van der Waals surface area contributed by atoms with Crippen LogP contribution in [0.5, 0.6) is 0 Å². The van der Waals surface area contributed by atoms with Crippen LogP contribution >= 0.6 is 0 Å². The summed E-state index contributed by atoms with van der Waals surface area (Å²) in [4.78, 5) is 29.1. The lowest BCUT2D eigenvalue weighted by atomic mass is 10.1. The Morgan fingerprint density at radius 2 is 1.96 bits per heavy atom. The fourth-order valence-corrected chi connectivity index (χ4v) is 3.40. The molecule has 25 heavy (non-hydrogen) atoms. The Kier molecular flexibility index (Phi) is 5.71. The van der Waals surface area contributed by atoms with Crippen molar-refractivity contribution in [3.8, 4) is 0 Å². The van der Waals surface area contributed by atoms with E-state index in [0.717, 1.165) is 38.9 Å². The van der Waals surface area contributed by atoms with Crippen molar-refractivity contribution in [3.63, 3.8) is 0 Å². The molecule has 2 aliphatic rings. The molecule has 6 nitrogen and oxygen atoms in total.